The molecule has 0 unspecified atom stereocenters. The third-order valence-electron chi connectivity index (χ3n) is 6.17. The van der Waals surface area contributed by atoms with Crippen molar-refractivity contribution < 1.29 is 24.1 Å². The maximum atomic E-state index is 12.6. The van der Waals surface area contributed by atoms with Crippen LogP contribution in [0.4, 0.5) is 11.4 Å². The lowest BCUT2D eigenvalue weighted by atomic mass is 10.1. The maximum Gasteiger partial charge on any atom is 0.282 e. The quantitative estimate of drug-likeness (QED) is 0.365. The number of carbonyl (C=O) groups excluding carboxylic acids is 4. The second kappa shape index (κ2) is 10.0. The van der Waals surface area contributed by atoms with Crippen molar-refractivity contribution >= 4 is 35.0 Å². The van der Waals surface area contributed by atoms with Crippen LogP contribution in [0.3, 0.4) is 0 Å². The van der Waals surface area contributed by atoms with E-state index in [1.807, 2.05) is 7.05 Å². The predicted molar refractivity (Wildman–Crippen MR) is 126 cm³/mol. The van der Waals surface area contributed by atoms with Gasteiger partial charge in [-0.05, 0) is 43.8 Å². The molecule has 11 heteroatoms. The molecule has 2 aliphatic rings. The van der Waals surface area contributed by atoms with E-state index in [0.29, 0.717) is 24.3 Å². The molecular formula is C24H25N5O6. The third kappa shape index (κ3) is 5.04. The number of rotatable bonds is 7. The van der Waals surface area contributed by atoms with Crippen molar-refractivity contribution in [1.82, 2.24) is 14.7 Å². The van der Waals surface area contributed by atoms with Gasteiger partial charge in [-0.25, -0.2) is 0 Å². The van der Waals surface area contributed by atoms with Gasteiger partial charge in [-0.2, -0.15) is 0 Å². The Bertz CT molecular complexity index is 1190. The lowest BCUT2D eigenvalue weighted by Gasteiger charge is -2.32. The number of nitro groups is 1. The van der Waals surface area contributed by atoms with Crippen LogP contribution in [0.15, 0.2) is 42.5 Å². The highest BCUT2D eigenvalue weighted by atomic mass is 16.6. The average Bonchev–Trinajstić information content (AvgIpc) is 3.09. The molecule has 11 nitrogen and oxygen atoms in total. The van der Waals surface area contributed by atoms with Crippen molar-refractivity contribution in [3.05, 3.63) is 69.3 Å². The summed E-state index contributed by atoms with van der Waals surface area (Å²) in [5.74, 6) is -1.68. The van der Waals surface area contributed by atoms with Crippen LogP contribution in [0.1, 0.15) is 43.9 Å². The second-order valence-electron chi connectivity index (χ2n) is 8.54. The van der Waals surface area contributed by atoms with Crippen LogP contribution in [0, 0.1) is 10.1 Å². The lowest BCUT2D eigenvalue weighted by molar-refractivity contribution is -0.385. The summed E-state index contributed by atoms with van der Waals surface area (Å²) >= 11 is 0. The summed E-state index contributed by atoms with van der Waals surface area (Å²) in [7, 11) is 2.02. The SMILES string of the molecule is CN1CCN(C(=O)c2ccc(NC(=O)CCCN3C(=O)c4cccc([N+](=O)[O-])c4C3=O)cc2)CC1. The molecule has 2 heterocycles. The topological polar surface area (TPSA) is 133 Å². The Balaban J connectivity index is 1.28. The Hall–Kier alpha value is -4.12. The Morgan fingerprint density at radius 2 is 1.69 bits per heavy atom. The summed E-state index contributed by atoms with van der Waals surface area (Å²) in [6.45, 7) is 2.98. The molecule has 0 atom stereocenters. The minimum Gasteiger partial charge on any atom is -0.336 e. The molecule has 0 saturated carbocycles. The van der Waals surface area contributed by atoms with Gasteiger partial charge in [0.1, 0.15) is 5.56 Å². The van der Waals surface area contributed by atoms with Crippen molar-refractivity contribution in [2.24, 2.45) is 0 Å². The van der Waals surface area contributed by atoms with E-state index in [1.165, 1.54) is 18.2 Å². The molecular weight excluding hydrogens is 454 g/mol. The van der Waals surface area contributed by atoms with Crippen molar-refractivity contribution in [1.29, 1.82) is 0 Å². The van der Waals surface area contributed by atoms with Crippen LogP contribution in [-0.4, -0.2) is 83.0 Å². The normalized spacial score (nSPS) is 15.8. The van der Waals surface area contributed by atoms with Gasteiger partial charge in [-0.1, -0.05) is 6.07 Å². The van der Waals surface area contributed by atoms with Gasteiger partial charge < -0.3 is 15.1 Å². The number of amides is 4. The standard InChI is InChI=1S/C24H25N5O6/c1-26-12-14-27(15-13-26)22(31)16-7-9-17(10-8-16)25-20(30)6-3-11-28-23(32)18-4-2-5-19(29(34)35)21(18)24(28)33/h2,4-5,7-10H,3,6,11-15H2,1H3,(H,25,30). The van der Waals surface area contributed by atoms with Gasteiger partial charge in [0.15, 0.2) is 0 Å². The van der Waals surface area contributed by atoms with Gasteiger partial charge in [-0.3, -0.25) is 34.2 Å². The molecule has 182 valence electrons. The first-order valence-electron chi connectivity index (χ1n) is 11.3. The first kappa shape index (κ1) is 24.0. The van der Waals surface area contributed by atoms with Crippen molar-refractivity contribution in [3.63, 3.8) is 0 Å². The van der Waals surface area contributed by atoms with E-state index in [0.717, 1.165) is 18.0 Å². The van der Waals surface area contributed by atoms with E-state index in [1.54, 1.807) is 29.2 Å². The van der Waals surface area contributed by atoms with Gasteiger partial charge in [0.25, 0.3) is 23.4 Å². The van der Waals surface area contributed by atoms with E-state index in [2.05, 4.69) is 10.2 Å². The van der Waals surface area contributed by atoms with Gasteiger partial charge in [-0.15, -0.1) is 0 Å². The number of piperazine rings is 1. The number of hydrogen-bond acceptors (Lipinski definition) is 7. The highest BCUT2D eigenvalue weighted by molar-refractivity contribution is 6.23. The number of imide groups is 1. The van der Waals surface area contributed by atoms with Crippen LogP contribution < -0.4 is 5.32 Å². The van der Waals surface area contributed by atoms with E-state index in [9.17, 15) is 29.3 Å². The largest absolute Gasteiger partial charge is 0.336 e. The zero-order valence-electron chi connectivity index (χ0n) is 19.2. The summed E-state index contributed by atoms with van der Waals surface area (Å²) in [6, 6.07) is 10.6. The molecule has 4 rings (SSSR count). The molecule has 0 aromatic heterocycles. The Labute approximate surface area is 201 Å². The van der Waals surface area contributed by atoms with Crippen LogP contribution in [0.25, 0.3) is 0 Å². The van der Waals surface area contributed by atoms with Crippen molar-refractivity contribution in [2.75, 3.05) is 45.1 Å². The van der Waals surface area contributed by atoms with Crippen LogP contribution in [-0.2, 0) is 4.79 Å². The molecule has 2 aromatic carbocycles. The Morgan fingerprint density at radius 1 is 1.00 bits per heavy atom. The third-order valence-corrected chi connectivity index (χ3v) is 6.17. The molecule has 0 spiro atoms. The molecule has 0 radical (unpaired) electrons. The molecule has 0 bridgehead atoms. The molecule has 1 saturated heterocycles. The number of likely N-dealkylation sites (N-methyl/N-ethyl adjacent to an activating group) is 1. The zero-order chi connectivity index (χ0) is 25.1. The summed E-state index contributed by atoms with van der Waals surface area (Å²) in [4.78, 5) is 65.5. The van der Waals surface area contributed by atoms with Crippen LogP contribution in [0.2, 0.25) is 0 Å². The molecule has 0 aliphatic carbocycles. The molecule has 2 aliphatic heterocycles. The van der Waals surface area contributed by atoms with E-state index in [4.69, 9.17) is 0 Å². The number of anilines is 1. The molecule has 1 N–H and O–H groups in total. The number of nitrogens with zero attached hydrogens (tertiary/aromatic N) is 4. The summed E-state index contributed by atoms with van der Waals surface area (Å²) in [6.07, 6.45) is 0.239. The Kier molecular flexibility index (Phi) is 6.87. The Morgan fingerprint density at radius 3 is 2.34 bits per heavy atom. The minimum atomic E-state index is -0.724. The number of carbonyl (C=O) groups is 4. The fraction of sp³-hybridized carbons (Fsp3) is 0.333. The van der Waals surface area contributed by atoms with Crippen molar-refractivity contribution in [2.45, 2.75) is 12.8 Å². The van der Waals surface area contributed by atoms with Gasteiger partial charge >= 0.3 is 0 Å². The lowest BCUT2D eigenvalue weighted by Crippen LogP contribution is -2.47. The number of fused-ring (bicyclic) bond motifs is 1. The fourth-order valence-electron chi connectivity index (χ4n) is 4.18. The van der Waals surface area contributed by atoms with Crippen LogP contribution in [0.5, 0.6) is 0 Å². The maximum absolute atomic E-state index is 12.6. The number of hydrogen-bond donors (Lipinski definition) is 1. The molecule has 35 heavy (non-hydrogen) atoms. The molecule has 1 fully saturated rings. The van der Waals surface area contributed by atoms with E-state index in [-0.39, 0.29) is 42.3 Å². The van der Waals surface area contributed by atoms with Crippen LogP contribution >= 0.6 is 0 Å². The van der Waals surface area contributed by atoms with Gasteiger partial charge in [0, 0.05) is 56.5 Å². The fourth-order valence-corrected chi connectivity index (χ4v) is 4.18. The van der Waals surface area contributed by atoms with E-state index >= 15 is 0 Å². The number of benzene rings is 2. The first-order chi connectivity index (χ1) is 16.8. The molecule has 2 aromatic rings. The highest BCUT2D eigenvalue weighted by Gasteiger charge is 2.40. The second-order valence-corrected chi connectivity index (χ2v) is 8.54. The predicted octanol–water partition coefficient (Wildman–Crippen LogP) is 2.00. The first-order valence-corrected chi connectivity index (χ1v) is 11.3. The summed E-state index contributed by atoms with van der Waals surface area (Å²) in [5.41, 5.74) is 0.460. The van der Waals surface area contributed by atoms with E-state index < -0.39 is 22.4 Å². The average molecular weight is 479 g/mol. The number of nitro benzene ring substituents is 1. The highest BCUT2D eigenvalue weighted by Crippen LogP contribution is 2.30. The van der Waals surface area contributed by atoms with Gasteiger partial charge in [0.2, 0.25) is 5.91 Å². The molecule has 4 amide bonds. The van der Waals surface area contributed by atoms with Gasteiger partial charge in [0.05, 0.1) is 10.5 Å². The van der Waals surface area contributed by atoms with Crippen molar-refractivity contribution in [3.8, 4) is 0 Å². The summed E-state index contributed by atoms with van der Waals surface area (Å²) in [5, 5.41) is 13.9. The summed E-state index contributed by atoms with van der Waals surface area (Å²) < 4.78 is 0. The minimum absolute atomic E-state index is 0.000128. The number of nitrogens with one attached hydrogen (secondary N) is 1. The zero-order valence-corrected chi connectivity index (χ0v) is 19.2. The smallest absolute Gasteiger partial charge is 0.282 e. The monoisotopic (exact) mass is 479 g/mol.